The summed E-state index contributed by atoms with van der Waals surface area (Å²) >= 11 is 0. The molecular formula is C8H14N4O. The van der Waals surface area contributed by atoms with Crippen molar-refractivity contribution in [1.29, 1.82) is 0 Å². The van der Waals surface area contributed by atoms with E-state index in [4.69, 9.17) is 10.5 Å². The molecule has 0 unspecified atom stereocenters. The molecular weight excluding hydrogens is 168 g/mol. The number of ether oxygens (including phenoxy) is 1. The first-order chi connectivity index (χ1) is 6.27. The van der Waals surface area contributed by atoms with E-state index in [1.165, 1.54) is 0 Å². The maximum absolute atomic E-state index is 5.40. The highest BCUT2D eigenvalue weighted by Crippen LogP contribution is 2.09. The first-order valence-corrected chi connectivity index (χ1v) is 4.05. The summed E-state index contributed by atoms with van der Waals surface area (Å²) in [7, 11) is 3.48. The van der Waals surface area contributed by atoms with E-state index >= 15 is 0 Å². The van der Waals surface area contributed by atoms with Crippen molar-refractivity contribution in [1.82, 2.24) is 9.97 Å². The number of hydrogen-bond acceptors (Lipinski definition) is 5. The van der Waals surface area contributed by atoms with Gasteiger partial charge in [-0.05, 0) is 0 Å². The predicted octanol–water partition coefficient (Wildman–Crippen LogP) is -0.120. The van der Waals surface area contributed by atoms with Crippen LogP contribution in [0.5, 0.6) is 5.75 Å². The zero-order chi connectivity index (χ0) is 9.68. The van der Waals surface area contributed by atoms with Gasteiger partial charge in [0.1, 0.15) is 0 Å². The summed E-state index contributed by atoms with van der Waals surface area (Å²) in [5.41, 5.74) is 5.40. The predicted molar refractivity (Wildman–Crippen MR) is 50.9 cm³/mol. The van der Waals surface area contributed by atoms with Crippen LogP contribution in [0.15, 0.2) is 12.4 Å². The number of rotatable bonds is 4. The minimum Gasteiger partial charge on any atom is -0.494 e. The first-order valence-electron chi connectivity index (χ1n) is 4.05. The van der Waals surface area contributed by atoms with Crippen LogP contribution in [-0.2, 0) is 0 Å². The molecule has 13 heavy (non-hydrogen) atoms. The Labute approximate surface area is 77.5 Å². The highest BCUT2D eigenvalue weighted by atomic mass is 16.5. The Morgan fingerprint density at radius 3 is 2.54 bits per heavy atom. The van der Waals surface area contributed by atoms with Crippen molar-refractivity contribution in [3.63, 3.8) is 0 Å². The average molecular weight is 182 g/mol. The maximum atomic E-state index is 5.40. The van der Waals surface area contributed by atoms with Gasteiger partial charge in [-0.3, -0.25) is 0 Å². The van der Waals surface area contributed by atoms with Gasteiger partial charge in [0.2, 0.25) is 5.95 Å². The molecule has 72 valence electrons. The van der Waals surface area contributed by atoms with E-state index in [0.29, 0.717) is 18.2 Å². The summed E-state index contributed by atoms with van der Waals surface area (Å²) in [5.74, 6) is 1.32. The van der Waals surface area contributed by atoms with E-state index in [-0.39, 0.29) is 0 Å². The second-order valence-electron chi connectivity index (χ2n) is 2.63. The maximum Gasteiger partial charge on any atom is 0.225 e. The summed E-state index contributed by atoms with van der Waals surface area (Å²) in [6.07, 6.45) is 3.27. The highest BCUT2D eigenvalue weighted by molar-refractivity contribution is 5.29. The number of nitrogens with zero attached hydrogens (tertiary/aromatic N) is 3. The fourth-order valence-corrected chi connectivity index (χ4v) is 0.906. The standard InChI is InChI=1S/C8H14N4O/c1-12(4-3-9)8-10-5-7(13-2)6-11-8/h5-6H,3-4,9H2,1-2H3. The first kappa shape index (κ1) is 9.73. The molecule has 0 aliphatic rings. The molecule has 0 saturated carbocycles. The molecule has 5 heteroatoms. The van der Waals surface area contributed by atoms with Crippen LogP contribution in [0.2, 0.25) is 0 Å². The topological polar surface area (TPSA) is 64.3 Å². The fourth-order valence-electron chi connectivity index (χ4n) is 0.906. The number of likely N-dealkylation sites (N-methyl/N-ethyl adjacent to an activating group) is 1. The Morgan fingerprint density at radius 1 is 1.46 bits per heavy atom. The molecule has 2 N–H and O–H groups in total. The van der Waals surface area contributed by atoms with Gasteiger partial charge in [0.15, 0.2) is 5.75 Å². The molecule has 0 amide bonds. The van der Waals surface area contributed by atoms with Crippen LogP contribution in [0.1, 0.15) is 0 Å². The third kappa shape index (κ3) is 2.55. The summed E-state index contributed by atoms with van der Waals surface area (Å²) in [4.78, 5) is 10.1. The normalized spacial score (nSPS) is 9.77. The quantitative estimate of drug-likeness (QED) is 0.703. The van der Waals surface area contributed by atoms with Crippen molar-refractivity contribution in [2.24, 2.45) is 5.73 Å². The molecule has 0 fully saturated rings. The fraction of sp³-hybridized carbons (Fsp3) is 0.500. The van der Waals surface area contributed by atoms with Crippen LogP contribution in [0.4, 0.5) is 5.95 Å². The average Bonchev–Trinajstić information content (AvgIpc) is 2.18. The SMILES string of the molecule is COc1cnc(N(C)CCN)nc1. The number of aromatic nitrogens is 2. The van der Waals surface area contributed by atoms with E-state index < -0.39 is 0 Å². The van der Waals surface area contributed by atoms with Crippen molar-refractivity contribution in [2.75, 3.05) is 32.1 Å². The molecule has 5 nitrogen and oxygen atoms in total. The molecule has 0 bridgehead atoms. The van der Waals surface area contributed by atoms with Gasteiger partial charge < -0.3 is 15.4 Å². The van der Waals surface area contributed by atoms with Crippen LogP contribution in [0.3, 0.4) is 0 Å². The summed E-state index contributed by atoms with van der Waals surface area (Å²) in [6.45, 7) is 1.33. The molecule has 1 heterocycles. The van der Waals surface area contributed by atoms with Crippen LogP contribution in [0, 0.1) is 0 Å². The summed E-state index contributed by atoms with van der Waals surface area (Å²) < 4.78 is 4.94. The van der Waals surface area contributed by atoms with Crippen molar-refractivity contribution in [3.05, 3.63) is 12.4 Å². The molecule has 0 aromatic carbocycles. The van der Waals surface area contributed by atoms with E-state index in [2.05, 4.69) is 9.97 Å². The lowest BCUT2D eigenvalue weighted by molar-refractivity contribution is 0.410. The Bertz CT molecular complexity index is 249. The van der Waals surface area contributed by atoms with Crippen LogP contribution in [0.25, 0.3) is 0 Å². The zero-order valence-corrected chi connectivity index (χ0v) is 7.90. The number of nitrogens with two attached hydrogens (primary N) is 1. The number of hydrogen-bond donors (Lipinski definition) is 1. The molecule has 0 aliphatic heterocycles. The Balaban J connectivity index is 2.67. The minimum atomic E-state index is 0.589. The lowest BCUT2D eigenvalue weighted by Crippen LogP contribution is -2.26. The van der Waals surface area contributed by atoms with Gasteiger partial charge in [-0.2, -0.15) is 0 Å². The Morgan fingerprint density at radius 2 is 2.08 bits per heavy atom. The third-order valence-corrected chi connectivity index (χ3v) is 1.66. The second-order valence-corrected chi connectivity index (χ2v) is 2.63. The molecule has 0 atom stereocenters. The second kappa shape index (κ2) is 4.61. The number of anilines is 1. The Kier molecular flexibility index (Phi) is 3.45. The van der Waals surface area contributed by atoms with Gasteiger partial charge in [-0.15, -0.1) is 0 Å². The van der Waals surface area contributed by atoms with Gasteiger partial charge in [-0.1, -0.05) is 0 Å². The monoisotopic (exact) mass is 182 g/mol. The molecule has 1 rings (SSSR count). The largest absolute Gasteiger partial charge is 0.494 e. The van der Waals surface area contributed by atoms with E-state index in [0.717, 1.165) is 6.54 Å². The lowest BCUT2D eigenvalue weighted by atomic mass is 10.5. The molecule has 0 radical (unpaired) electrons. The van der Waals surface area contributed by atoms with Gasteiger partial charge in [-0.25, -0.2) is 9.97 Å². The van der Waals surface area contributed by atoms with Crippen LogP contribution < -0.4 is 15.4 Å². The van der Waals surface area contributed by atoms with Gasteiger partial charge in [0, 0.05) is 20.1 Å². The van der Waals surface area contributed by atoms with Crippen LogP contribution >= 0.6 is 0 Å². The Hall–Kier alpha value is -1.36. The van der Waals surface area contributed by atoms with E-state index in [1.807, 2.05) is 11.9 Å². The molecule has 0 saturated heterocycles. The number of methoxy groups -OCH3 is 1. The molecule has 0 spiro atoms. The minimum absolute atomic E-state index is 0.589. The summed E-state index contributed by atoms with van der Waals surface area (Å²) in [6, 6.07) is 0. The van der Waals surface area contributed by atoms with Crippen molar-refractivity contribution in [2.45, 2.75) is 0 Å². The van der Waals surface area contributed by atoms with Crippen molar-refractivity contribution < 1.29 is 4.74 Å². The molecule has 0 aliphatic carbocycles. The van der Waals surface area contributed by atoms with Gasteiger partial charge >= 0.3 is 0 Å². The lowest BCUT2D eigenvalue weighted by Gasteiger charge is -2.15. The van der Waals surface area contributed by atoms with E-state index in [1.54, 1.807) is 19.5 Å². The van der Waals surface area contributed by atoms with E-state index in [9.17, 15) is 0 Å². The zero-order valence-electron chi connectivity index (χ0n) is 7.90. The molecule has 1 aromatic rings. The smallest absolute Gasteiger partial charge is 0.225 e. The van der Waals surface area contributed by atoms with Crippen LogP contribution in [-0.4, -0.2) is 37.2 Å². The third-order valence-electron chi connectivity index (χ3n) is 1.66. The highest BCUT2D eigenvalue weighted by Gasteiger charge is 2.02. The molecule has 1 aromatic heterocycles. The van der Waals surface area contributed by atoms with Crippen molar-refractivity contribution >= 4 is 5.95 Å². The summed E-state index contributed by atoms with van der Waals surface area (Å²) in [5, 5.41) is 0. The van der Waals surface area contributed by atoms with Crippen molar-refractivity contribution in [3.8, 4) is 5.75 Å². The van der Waals surface area contributed by atoms with Gasteiger partial charge in [0.25, 0.3) is 0 Å². The van der Waals surface area contributed by atoms with Gasteiger partial charge in [0.05, 0.1) is 19.5 Å².